The fourth-order valence-corrected chi connectivity index (χ4v) is 2.54. The molecule has 0 spiro atoms. The van der Waals surface area contributed by atoms with Gasteiger partial charge in [-0.2, -0.15) is 0 Å². The third-order valence-electron chi connectivity index (χ3n) is 3.90. The molecule has 1 unspecified atom stereocenters. The molecule has 1 aliphatic heterocycles. The minimum Gasteiger partial charge on any atom is -0.384 e. The Kier molecular flexibility index (Phi) is 5.49. The molecular formula is C15H23N3O2. The molecule has 0 aromatic carbocycles. The summed E-state index contributed by atoms with van der Waals surface area (Å²) in [5.74, 6) is 0.195. The third kappa shape index (κ3) is 3.77. The lowest BCUT2D eigenvalue weighted by Gasteiger charge is -2.38. The zero-order chi connectivity index (χ0) is 14.4. The fourth-order valence-electron chi connectivity index (χ4n) is 2.54. The predicted molar refractivity (Wildman–Crippen MR) is 77.3 cm³/mol. The molecule has 1 aromatic rings. The molecule has 1 saturated heterocycles. The first-order valence-corrected chi connectivity index (χ1v) is 7.13. The van der Waals surface area contributed by atoms with Crippen LogP contribution in [0.1, 0.15) is 24.9 Å². The van der Waals surface area contributed by atoms with Gasteiger partial charge in [0.15, 0.2) is 0 Å². The first kappa shape index (κ1) is 14.9. The van der Waals surface area contributed by atoms with Crippen LogP contribution in [0.4, 0.5) is 0 Å². The van der Waals surface area contributed by atoms with Crippen molar-refractivity contribution in [2.75, 3.05) is 39.9 Å². The summed E-state index contributed by atoms with van der Waals surface area (Å²) >= 11 is 0. The smallest absolute Gasteiger partial charge is 0.224 e. The molecule has 2 heterocycles. The van der Waals surface area contributed by atoms with Crippen molar-refractivity contribution >= 4 is 5.91 Å². The van der Waals surface area contributed by atoms with Gasteiger partial charge in [-0.05, 0) is 18.6 Å². The number of ether oxygens (including phenoxy) is 1. The zero-order valence-electron chi connectivity index (χ0n) is 12.3. The molecule has 20 heavy (non-hydrogen) atoms. The lowest BCUT2D eigenvalue weighted by molar-refractivity contribution is -0.134. The van der Waals surface area contributed by atoms with Gasteiger partial charge in [0.05, 0.1) is 13.0 Å². The van der Waals surface area contributed by atoms with E-state index in [0.717, 1.165) is 26.2 Å². The highest BCUT2D eigenvalue weighted by Crippen LogP contribution is 2.20. The SMILES string of the molecule is COCCC(=O)N1CCN(C(C)c2cccnc2)CC1. The van der Waals surface area contributed by atoms with Crippen LogP contribution in [0.15, 0.2) is 24.5 Å². The van der Waals surface area contributed by atoms with Crippen LogP contribution in [0, 0.1) is 0 Å². The van der Waals surface area contributed by atoms with Crippen LogP contribution < -0.4 is 0 Å². The van der Waals surface area contributed by atoms with Gasteiger partial charge in [-0.1, -0.05) is 6.07 Å². The number of amides is 1. The molecule has 5 nitrogen and oxygen atoms in total. The minimum atomic E-state index is 0.195. The van der Waals surface area contributed by atoms with E-state index in [9.17, 15) is 4.79 Å². The van der Waals surface area contributed by atoms with Crippen molar-refractivity contribution in [2.24, 2.45) is 0 Å². The summed E-state index contributed by atoms with van der Waals surface area (Å²) in [6.45, 7) is 6.12. The van der Waals surface area contributed by atoms with E-state index < -0.39 is 0 Å². The third-order valence-corrected chi connectivity index (χ3v) is 3.90. The van der Waals surface area contributed by atoms with Crippen LogP contribution in [-0.2, 0) is 9.53 Å². The maximum absolute atomic E-state index is 11.9. The van der Waals surface area contributed by atoms with Crippen molar-refractivity contribution in [1.82, 2.24) is 14.8 Å². The average molecular weight is 277 g/mol. The second-order valence-corrected chi connectivity index (χ2v) is 5.12. The number of aromatic nitrogens is 1. The first-order chi connectivity index (χ1) is 9.72. The highest BCUT2D eigenvalue weighted by atomic mass is 16.5. The highest BCUT2D eigenvalue weighted by Gasteiger charge is 2.24. The van der Waals surface area contributed by atoms with Crippen LogP contribution in [-0.4, -0.2) is 60.6 Å². The summed E-state index contributed by atoms with van der Waals surface area (Å²) in [7, 11) is 1.63. The van der Waals surface area contributed by atoms with Crippen LogP contribution in [0.3, 0.4) is 0 Å². The minimum absolute atomic E-state index is 0.195. The molecular weight excluding hydrogens is 254 g/mol. The van der Waals surface area contributed by atoms with E-state index in [4.69, 9.17) is 4.74 Å². The van der Waals surface area contributed by atoms with E-state index in [1.807, 2.05) is 17.2 Å². The molecule has 1 aromatic heterocycles. The van der Waals surface area contributed by atoms with E-state index in [-0.39, 0.29) is 5.91 Å². The molecule has 0 bridgehead atoms. The maximum Gasteiger partial charge on any atom is 0.224 e. The van der Waals surface area contributed by atoms with Crippen molar-refractivity contribution in [3.8, 4) is 0 Å². The first-order valence-electron chi connectivity index (χ1n) is 7.13. The molecule has 5 heteroatoms. The number of hydrogen-bond acceptors (Lipinski definition) is 4. The molecule has 0 radical (unpaired) electrons. The molecule has 0 N–H and O–H groups in total. The van der Waals surface area contributed by atoms with Gasteiger partial charge in [0.1, 0.15) is 0 Å². The molecule has 110 valence electrons. The summed E-state index contributed by atoms with van der Waals surface area (Å²) in [4.78, 5) is 20.4. The maximum atomic E-state index is 11.9. The molecule has 1 atom stereocenters. The number of nitrogens with zero attached hydrogens (tertiary/aromatic N) is 3. The summed E-state index contributed by atoms with van der Waals surface area (Å²) in [6.07, 6.45) is 4.19. The average Bonchev–Trinajstić information content (AvgIpc) is 2.53. The van der Waals surface area contributed by atoms with Crippen molar-refractivity contribution in [2.45, 2.75) is 19.4 Å². The number of rotatable bonds is 5. The summed E-state index contributed by atoms with van der Waals surface area (Å²) in [5, 5.41) is 0. The number of carbonyl (C=O) groups excluding carboxylic acids is 1. The lowest BCUT2D eigenvalue weighted by atomic mass is 10.1. The van der Waals surface area contributed by atoms with Gasteiger partial charge < -0.3 is 9.64 Å². The van der Waals surface area contributed by atoms with E-state index in [2.05, 4.69) is 22.9 Å². The molecule has 1 amide bonds. The van der Waals surface area contributed by atoms with Gasteiger partial charge in [-0.15, -0.1) is 0 Å². The van der Waals surface area contributed by atoms with Crippen LogP contribution in [0.2, 0.25) is 0 Å². The van der Waals surface area contributed by atoms with Crippen LogP contribution >= 0.6 is 0 Å². The quantitative estimate of drug-likeness (QED) is 0.814. The highest BCUT2D eigenvalue weighted by molar-refractivity contribution is 5.76. The van der Waals surface area contributed by atoms with E-state index in [1.165, 1.54) is 5.56 Å². The van der Waals surface area contributed by atoms with Gasteiger partial charge in [-0.3, -0.25) is 14.7 Å². The summed E-state index contributed by atoms with van der Waals surface area (Å²) in [5.41, 5.74) is 1.23. The number of carbonyl (C=O) groups is 1. The van der Waals surface area contributed by atoms with E-state index >= 15 is 0 Å². The molecule has 0 aliphatic carbocycles. The van der Waals surface area contributed by atoms with Crippen LogP contribution in [0.5, 0.6) is 0 Å². The van der Waals surface area contributed by atoms with Gasteiger partial charge in [0, 0.05) is 51.7 Å². The van der Waals surface area contributed by atoms with Gasteiger partial charge >= 0.3 is 0 Å². The normalized spacial score (nSPS) is 18.0. The van der Waals surface area contributed by atoms with Crippen molar-refractivity contribution < 1.29 is 9.53 Å². The summed E-state index contributed by atoms with van der Waals surface area (Å²) < 4.78 is 4.96. The topological polar surface area (TPSA) is 45.7 Å². The number of hydrogen-bond donors (Lipinski definition) is 0. The Morgan fingerprint density at radius 2 is 2.15 bits per heavy atom. The van der Waals surface area contributed by atoms with Crippen molar-refractivity contribution in [1.29, 1.82) is 0 Å². The Balaban J connectivity index is 1.83. The van der Waals surface area contributed by atoms with E-state index in [0.29, 0.717) is 19.1 Å². The largest absolute Gasteiger partial charge is 0.384 e. The second kappa shape index (κ2) is 7.36. The van der Waals surface area contributed by atoms with Gasteiger partial charge in [-0.25, -0.2) is 0 Å². The Bertz CT molecular complexity index is 416. The van der Waals surface area contributed by atoms with Crippen molar-refractivity contribution in [3.63, 3.8) is 0 Å². The van der Waals surface area contributed by atoms with Gasteiger partial charge in [0.25, 0.3) is 0 Å². The molecule has 0 saturated carbocycles. The predicted octanol–water partition coefficient (Wildman–Crippen LogP) is 1.32. The summed E-state index contributed by atoms with van der Waals surface area (Å²) in [6, 6.07) is 4.42. The Morgan fingerprint density at radius 1 is 1.40 bits per heavy atom. The van der Waals surface area contributed by atoms with E-state index in [1.54, 1.807) is 13.3 Å². The molecule has 1 fully saturated rings. The fraction of sp³-hybridized carbons (Fsp3) is 0.600. The second-order valence-electron chi connectivity index (χ2n) is 5.12. The van der Waals surface area contributed by atoms with Gasteiger partial charge in [0.2, 0.25) is 5.91 Å². The number of pyridine rings is 1. The Hall–Kier alpha value is -1.46. The Labute approximate surface area is 120 Å². The monoisotopic (exact) mass is 277 g/mol. The lowest BCUT2D eigenvalue weighted by Crippen LogP contribution is -2.49. The molecule has 2 rings (SSSR count). The molecule has 1 aliphatic rings. The van der Waals surface area contributed by atoms with Crippen molar-refractivity contribution in [3.05, 3.63) is 30.1 Å². The number of methoxy groups -OCH3 is 1. The Morgan fingerprint density at radius 3 is 2.75 bits per heavy atom. The number of piperazine rings is 1. The zero-order valence-corrected chi connectivity index (χ0v) is 12.3. The standard InChI is InChI=1S/C15H23N3O2/c1-13(14-4-3-6-16-12-14)17-7-9-18(10-8-17)15(19)5-11-20-2/h3-4,6,12-13H,5,7-11H2,1-2H3. The van der Waals surface area contributed by atoms with Crippen LogP contribution in [0.25, 0.3) is 0 Å².